The van der Waals surface area contributed by atoms with Gasteiger partial charge in [0.25, 0.3) is 0 Å². The van der Waals surface area contributed by atoms with Gasteiger partial charge in [-0.15, -0.1) is 0 Å². The van der Waals surface area contributed by atoms with E-state index in [0.29, 0.717) is 29.2 Å². The molecule has 5 rings (SSSR count). The number of hydrogen-bond acceptors (Lipinski definition) is 4. The van der Waals surface area contributed by atoms with E-state index < -0.39 is 6.61 Å². The molecule has 0 unspecified atom stereocenters. The molecule has 0 N–H and O–H groups in total. The van der Waals surface area contributed by atoms with Gasteiger partial charge in [0.2, 0.25) is 0 Å². The lowest BCUT2D eigenvalue weighted by molar-refractivity contribution is -0.0489. The number of benzene rings is 3. The van der Waals surface area contributed by atoms with Crippen LogP contribution in [0.1, 0.15) is 17.0 Å². The average Bonchev–Trinajstić information content (AvgIpc) is 3.02. The number of alkyl halides is 2. The Kier molecular flexibility index (Phi) is 5.51. The first-order valence-electron chi connectivity index (χ1n) is 10.2. The lowest BCUT2D eigenvalue weighted by atomic mass is 10.1. The molecule has 5 nitrogen and oxygen atoms in total. The highest BCUT2D eigenvalue weighted by atomic mass is 19.3. The topological polar surface area (TPSA) is 45.5 Å². The second kappa shape index (κ2) is 8.63. The fourth-order valence-corrected chi connectivity index (χ4v) is 3.94. The van der Waals surface area contributed by atoms with E-state index >= 15 is 0 Å². The smallest absolute Gasteiger partial charge is 0.387 e. The van der Waals surface area contributed by atoms with Gasteiger partial charge in [-0.2, -0.15) is 8.78 Å². The van der Waals surface area contributed by atoms with Crippen LogP contribution in [0.4, 0.5) is 13.2 Å². The summed E-state index contributed by atoms with van der Waals surface area (Å²) in [5.41, 5.74) is 2.73. The van der Waals surface area contributed by atoms with Gasteiger partial charge < -0.3 is 18.8 Å². The van der Waals surface area contributed by atoms with Crippen LogP contribution in [0.25, 0.3) is 23.4 Å². The van der Waals surface area contributed by atoms with Gasteiger partial charge in [0.15, 0.2) is 5.75 Å². The van der Waals surface area contributed by atoms with Crippen molar-refractivity contribution < 1.29 is 27.4 Å². The monoisotopic (exact) mass is 452 g/mol. The van der Waals surface area contributed by atoms with Crippen LogP contribution in [0.2, 0.25) is 0 Å². The molecule has 4 aromatic rings. The maximum atomic E-state index is 13.6. The van der Waals surface area contributed by atoms with Crippen molar-refractivity contribution in [2.75, 3.05) is 7.11 Å². The number of halogens is 3. The Balaban J connectivity index is 1.56. The van der Waals surface area contributed by atoms with Gasteiger partial charge in [0, 0.05) is 30.5 Å². The Morgan fingerprint density at radius 3 is 2.76 bits per heavy atom. The Labute approximate surface area is 187 Å². The van der Waals surface area contributed by atoms with Gasteiger partial charge in [0.05, 0.1) is 11.8 Å². The second-order valence-corrected chi connectivity index (χ2v) is 7.58. The SMILES string of the molecule is COCc1nc2c(OC(F)F)cccc2n1Cc1ccc2c(c1)=COc1cc(F)ccc1C=2. The first-order valence-corrected chi connectivity index (χ1v) is 10.2. The van der Waals surface area contributed by atoms with E-state index in [1.165, 1.54) is 18.2 Å². The zero-order valence-corrected chi connectivity index (χ0v) is 17.6. The highest BCUT2D eigenvalue weighted by Crippen LogP contribution is 2.28. The van der Waals surface area contributed by atoms with E-state index in [1.807, 2.05) is 28.8 Å². The lowest BCUT2D eigenvalue weighted by Gasteiger charge is -2.10. The maximum absolute atomic E-state index is 13.6. The third-order valence-electron chi connectivity index (χ3n) is 5.40. The quantitative estimate of drug-likeness (QED) is 0.445. The molecular formula is C25H19F3N2O3. The van der Waals surface area contributed by atoms with Crippen molar-refractivity contribution in [1.29, 1.82) is 0 Å². The van der Waals surface area contributed by atoms with Crippen LogP contribution in [0.3, 0.4) is 0 Å². The summed E-state index contributed by atoms with van der Waals surface area (Å²) in [6.07, 6.45) is 3.53. The molecule has 0 bridgehead atoms. The zero-order valence-electron chi connectivity index (χ0n) is 17.6. The largest absolute Gasteiger partial charge is 0.464 e. The van der Waals surface area contributed by atoms with Crippen molar-refractivity contribution in [1.82, 2.24) is 9.55 Å². The van der Waals surface area contributed by atoms with Crippen molar-refractivity contribution >= 4 is 23.4 Å². The summed E-state index contributed by atoms with van der Waals surface area (Å²) in [5, 5.41) is 1.77. The molecule has 1 aliphatic rings. The lowest BCUT2D eigenvalue weighted by Crippen LogP contribution is -2.25. The molecule has 33 heavy (non-hydrogen) atoms. The molecule has 1 aromatic heterocycles. The van der Waals surface area contributed by atoms with Crippen molar-refractivity contribution in [2.24, 2.45) is 0 Å². The Morgan fingerprint density at radius 2 is 1.94 bits per heavy atom. The van der Waals surface area contributed by atoms with E-state index in [-0.39, 0.29) is 18.2 Å². The van der Waals surface area contributed by atoms with Crippen molar-refractivity contribution in [3.63, 3.8) is 0 Å². The summed E-state index contributed by atoms with van der Waals surface area (Å²) in [4.78, 5) is 4.49. The van der Waals surface area contributed by atoms with Crippen LogP contribution in [0.5, 0.6) is 11.5 Å². The molecule has 8 heteroatoms. The van der Waals surface area contributed by atoms with Crippen LogP contribution in [0.15, 0.2) is 54.6 Å². The highest BCUT2D eigenvalue weighted by Gasteiger charge is 2.17. The second-order valence-electron chi connectivity index (χ2n) is 7.58. The fourth-order valence-electron chi connectivity index (χ4n) is 3.94. The first-order chi connectivity index (χ1) is 16.0. The van der Waals surface area contributed by atoms with Crippen LogP contribution >= 0.6 is 0 Å². The van der Waals surface area contributed by atoms with Gasteiger partial charge >= 0.3 is 6.61 Å². The van der Waals surface area contributed by atoms with Crippen LogP contribution < -0.4 is 19.9 Å². The minimum atomic E-state index is -2.94. The minimum Gasteiger partial charge on any atom is -0.464 e. The molecule has 3 aromatic carbocycles. The number of fused-ring (bicyclic) bond motifs is 3. The number of aromatic nitrogens is 2. The van der Waals surface area contributed by atoms with Crippen molar-refractivity contribution in [3.05, 3.63) is 87.8 Å². The Bertz CT molecular complexity index is 1460. The third-order valence-corrected chi connectivity index (χ3v) is 5.40. The number of hydrogen-bond donors (Lipinski definition) is 0. The standard InChI is InChI=1S/C25H19F3N2O3/c1-31-14-23-29-24-20(3-2-4-21(24)33-25(27)28)30(23)12-15-5-6-16-10-17-7-8-19(26)11-22(17)32-13-18(16)9-15/h2-11,13,25H,12,14H2,1H3. The molecule has 0 amide bonds. The molecule has 2 heterocycles. The molecule has 0 radical (unpaired) electrons. The number of para-hydroxylation sites is 1. The van der Waals surface area contributed by atoms with Crippen LogP contribution in [0, 0.1) is 5.82 Å². The summed E-state index contributed by atoms with van der Waals surface area (Å²) in [6.45, 7) is -2.31. The molecule has 0 atom stereocenters. The number of imidazole rings is 1. The molecule has 0 spiro atoms. The average molecular weight is 452 g/mol. The van der Waals surface area contributed by atoms with Gasteiger partial charge in [-0.25, -0.2) is 9.37 Å². The molecule has 0 saturated heterocycles. The number of nitrogens with zero attached hydrogens (tertiary/aromatic N) is 2. The van der Waals surface area contributed by atoms with E-state index in [0.717, 1.165) is 21.6 Å². The van der Waals surface area contributed by atoms with E-state index in [9.17, 15) is 13.2 Å². The van der Waals surface area contributed by atoms with Gasteiger partial charge in [-0.05, 0) is 47.2 Å². The molecule has 168 valence electrons. The van der Waals surface area contributed by atoms with E-state index in [2.05, 4.69) is 9.72 Å². The van der Waals surface area contributed by atoms with E-state index in [1.54, 1.807) is 31.6 Å². The van der Waals surface area contributed by atoms with Gasteiger partial charge in [-0.1, -0.05) is 18.2 Å². The number of ether oxygens (including phenoxy) is 3. The number of methoxy groups -OCH3 is 1. The molecule has 0 saturated carbocycles. The molecular weight excluding hydrogens is 433 g/mol. The summed E-state index contributed by atoms with van der Waals surface area (Å²) in [7, 11) is 1.55. The third kappa shape index (κ3) is 4.17. The fraction of sp³-hybridized carbons (Fsp3) is 0.160. The predicted octanol–water partition coefficient (Wildman–Crippen LogP) is 3.93. The van der Waals surface area contributed by atoms with E-state index in [4.69, 9.17) is 9.47 Å². The summed E-state index contributed by atoms with van der Waals surface area (Å²) < 4.78 is 56.8. The highest BCUT2D eigenvalue weighted by molar-refractivity contribution is 5.82. The van der Waals surface area contributed by atoms with Crippen LogP contribution in [-0.4, -0.2) is 23.3 Å². The summed E-state index contributed by atoms with van der Waals surface area (Å²) in [5.74, 6) is 0.682. The summed E-state index contributed by atoms with van der Waals surface area (Å²) in [6, 6.07) is 15.2. The first kappa shape index (κ1) is 21.1. The van der Waals surface area contributed by atoms with Gasteiger partial charge in [0.1, 0.15) is 29.5 Å². The van der Waals surface area contributed by atoms with Crippen molar-refractivity contribution in [2.45, 2.75) is 19.8 Å². The molecule has 1 aliphatic heterocycles. The summed E-state index contributed by atoms with van der Waals surface area (Å²) >= 11 is 0. The predicted molar refractivity (Wildman–Crippen MR) is 117 cm³/mol. The minimum absolute atomic E-state index is 0.0156. The molecule has 0 aliphatic carbocycles. The van der Waals surface area contributed by atoms with Crippen molar-refractivity contribution in [3.8, 4) is 11.5 Å². The maximum Gasteiger partial charge on any atom is 0.387 e. The Hall–Kier alpha value is -3.78. The van der Waals surface area contributed by atoms with Gasteiger partial charge in [-0.3, -0.25) is 0 Å². The molecule has 0 fully saturated rings. The Morgan fingerprint density at radius 1 is 1.06 bits per heavy atom. The van der Waals surface area contributed by atoms with Crippen LogP contribution in [-0.2, 0) is 17.9 Å². The number of rotatable bonds is 6. The zero-order chi connectivity index (χ0) is 22.9. The normalized spacial score (nSPS) is 12.4.